The maximum atomic E-state index is 12.4. The van der Waals surface area contributed by atoms with E-state index in [0.717, 1.165) is 18.0 Å². The SMILES string of the molecule is Cc1ccc(CNc2ncc(C(F)(F)F)cc2Cl)o1. The molecular formula is C12H10ClF3N2O. The number of alkyl halides is 3. The molecule has 0 aliphatic carbocycles. The first-order valence-corrected chi connectivity index (χ1v) is 5.76. The van der Waals surface area contributed by atoms with Crippen molar-refractivity contribution in [1.29, 1.82) is 0 Å². The second kappa shape index (κ2) is 5.13. The highest BCUT2D eigenvalue weighted by atomic mass is 35.5. The van der Waals surface area contributed by atoms with E-state index in [-0.39, 0.29) is 10.8 Å². The number of aromatic nitrogens is 1. The van der Waals surface area contributed by atoms with Crippen LogP contribution in [0.25, 0.3) is 0 Å². The van der Waals surface area contributed by atoms with Gasteiger partial charge < -0.3 is 9.73 Å². The lowest BCUT2D eigenvalue weighted by molar-refractivity contribution is -0.137. The molecule has 19 heavy (non-hydrogen) atoms. The second-order valence-electron chi connectivity index (χ2n) is 3.92. The molecule has 0 saturated carbocycles. The molecule has 0 aliphatic heterocycles. The number of furan rings is 1. The Morgan fingerprint density at radius 3 is 2.63 bits per heavy atom. The minimum Gasteiger partial charge on any atom is -0.465 e. The highest BCUT2D eigenvalue weighted by Crippen LogP contribution is 2.32. The van der Waals surface area contributed by atoms with Crippen LogP contribution in [0.3, 0.4) is 0 Å². The third kappa shape index (κ3) is 3.41. The smallest absolute Gasteiger partial charge is 0.417 e. The summed E-state index contributed by atoms with van der Waals surface area (Å²) in [7, 11) is 0. The van der Waals surface area contributed by atoms with Crippen molar-refractivity contribution in [3.8, 4) is 0 Å². The Hall–Kier alpha value is -1.69. The van der Waals surface area contributed by atoms with Gasteiger partial charge in [0.1, 0.15) is 17.3 Å². The van der Waals surface area contributed by atoms with E-state index >= 15 is 0 Å². The maximum Gasteiger partial charge on any atom is 0.417 e. The van der Waals surface area contributed by atoms with Gasteiger partial charge in [-0.25, -0.2) is 4.98 Å². The van der Waals surface area contributed by atoms with Gasteiger partial charge in [0.25, 0.3) is 0 Å². The molecule has 0 aromatic carbocycles. The van der Waals surface area contributed by atoms with Gasteiger partial charge in [0.15, 0.2) is 0 Å². The Morgan fingerprint density at radius 2 is 2.11 bits per heavy atom. The van der Waals surface area contributed by atoms with E-state index in [9.17, 15) is 13.2 Å². The van der Waals surface area contributed by atoms with E-state index in [1.165, 1.54) is 0 Å². The monoisotopic (exact) mass is 290 g/mol. The van der Waals surface area contributed by atoms with Crippen molar-refractivity contribution in [2.75, 3.05) is 5.32 Å². The highest BCUT2D eigenvalue weighted by Gasteiger charge is 2.31. The van der Waals surface area contributed by atoms with Crippen molar-refractivity contribution in [2.45, 2.75) is 19.6 Å². The van der Waals surface area contributed by atoms with E-state index in [1.807, 2.05) is 0 Å². The van der Waals surface area contributed by atoms with Gasteiger partial charge in [-0.2, -0.15) is 13.2 Å². The molecule has 2 aromatic heterocycles. The summed E-state index contributed by atoms with van der Waals surface area (Å²) in [5.74, 6) is 1.59. The van der Waals surface area contributed by atoms with Gasteiger partial charge >= 0.3 is 6.18 Å². The standard InChI is InChI=1S/C12H10ClF3N2O/c1-7-2-3-9(19-7)6-18-11-10(13)4-8(5-17-11)12(14,15)16/h2-5H,6H2,1H3,(H,17,18). The number of aryl methyl sites for hydroxylation is 1. The molecular weight excluding hydrogens is 281 g/mol. The molecule has 2 aromatic rings. The third-order valence-corrected chi connectivity index (χ3v) is 2.68. The first kappa shape index (κ1) is 13.7. The molecule has 2 heterocycles. The summed E-state index contributed by atoms with van der Waals surface area (Å²) >= 11 is 5.75. The minimum absolute atomic E-state index is 0.0851. The van der Waals surface area contributed by atoms with E-state index in [2.05, 4.69) is 10.3 Å². The van der Waals surface area contributed by atoms with Crippen molar-refractivity contribution >= 4 is 17.4 Å². The number of hydrogen-bond acceptors (Lipinski definition) is 3. The van der Waals surface area contributed by atoms with Crippen molar-refractivity contribution in [3.63, 3.8) is 0 Å². The van der Waals surface area contributed by atoms with Gasteiger partial charge in [-0.05, 0) is 25.1 Å². The molecule has 3 nitrogen and oxygen atoms in total. The summed E-state index contributed by atoms with van der Waals surface area (Å²) in [6.45, 7) is 2.10. The number of rotatable bonds is 3. The lowest BCUT2D eigenvalue weighted by atomic mass is 10.3. The summed E-state index contributed by atoms with van der Waals surface area (Å²) in [4.78, 5) is 3.66. The molecule has 0 aliphatic rings. The fourth-order valence-corrected chi connectivity index (χ4v) is 1.71. The summed E-state index contributed by atoms with van der Waals surface area (Å²) < 4.78 is 42.6. The molecule has 0 bridgehead atoms. The zero-order chi connectivity index (χ0) is 14.0. The first-order chi connectivity index (χ1) is 8.86. The van der Waals surface area contributed by atoms with Crippen molar-refractivity contribution in [3.05, 3.63) is 46.5 Å². The molecule has 0 atom stereocenters. The van der Waals surface area contributed by atoms with Crippen LogP contribution < -0.4 is 5.32 Å². The number of nitrogens with zero attached hydrogens (tertiary/aromatic N) is 1. The van der Waals surface area contributed by atoms with Gasteiger partial charge in [-0.15, -0.1) is 0 Å². The van der Waals surface area contributed by atoms with Gasteiger partial charge in [0.2, 0.25) is 0 Å². The topological polar surface area (TPSA) is 38.1 Å². The summed E-state index contributed by atoms with van der Waals surface area (Å²) in [6, 6.07) is 4.39. The summed E-state index contributed by atoms with van der Waals surface area (Å²) in [5, 5.41) is 2.73. The molecule has 0 amide bonds. The van der Waals surface area contributed by atoms with Crippen LogP contribution in [-0.2, 0) is 12.7 Å². The van der Waals surface area contributed by atoms with Gasteiger partial charge in [0, 0.05) is 6.20 Å². The molecule has 0 fully saturated rings. The largest absolute Gasteiger partial charge is 0.465 e. The minimum atomic E-state index is -4.45. The molecule has 1 N–H and O–H groups in total. The molecule has 7 heteroatoms. The summed E-state index contributed by atoms with van der Waals surface area (Å²) in [6.07, 6.45) is -3.71. The molecule has 0 unspecified atom stereocenters. The van der Waals surface area contributed by atoms with Crippen LogP contribution in [-0.4, -0.2) is 4.98 Å². The number of anilines is 1. The first-order valence-electron chi connectivity index (χ1n) is 5.38. The van der Waals surface area contributed by atoms with Crippen LogP contribution in [0.15, 0.2) is 28.8 Å². The lowest BCUT2D eigenvalue weighted by Gasteiger charge is -2.10. The normalized spacial score (nSPS) is 11.6. The van der Waals surface area contributed by atoms with Crippen LogP contribution in [0.4, 0.5) is 19.0 Å². The van der Waals surface area contributed by atoms with Crippen LogP contribution >= 0.6 is 11.6 Å². The van der Waals surface area contributed by atoms with Gasteiger partial charge in [-0.1, -0.05) is 11.6 Å². The van der Waals surface area contributed by atoms with E-state index in [0.29, 0.717) is 12.3 Å². The Morgan fingerprint density at radius 1 is 1.37 bits per heavy atom. The molecule has 2 rings (SSSR count). The van der Waals surface area contributed by atoms with Crippen LogP contribution in [0, 0.1) is 6.92 Å². The predicted octanol–water partition coefficient (Wildman–Crippen LogP) is 4.27. The van der Waals surface area contributed by atoms with E-state index < -0.39 is 11.7 Å². The zero-order valence-electron chi connectivity index (χ0n) is 9.88. The molecule has 0 saturated heterocycles. The predicted molar refractivity (Wildman–Crippen MR) is 65.0 cm³/mol. The van der Waals surface area contributed by atoms with Crippen LogP contribution in [0.2, 0.25) is 5.02 Å². The van der Waals surface area contributed by atoms with Crippen molar-refractivity contribution in [2.24, 2.45) is 0 Å². The van der Waals surface area contributed by atoms with Crippen LogP contribution in [0.5, 0.6) is 0 Å². The number of nitrogens with one attached hydrogen (secondary N) is 1. The van der Waals surface area contributed by atoms with Crippen LogP contribution in [0.1, 0.15) is 17.1 Å². The highest BCUT2D eigenvalue weighted by molar-refractivity contribution is 6.32. The maximum absolute atomic E-state index is 12.4. The second-order valence-corrected chi connectivity index (χ2v) is 4.33. The van der Waals surface area contributed by atoms with Crippen molar-refractivity contribution < 1.29 is 17.6 Å². The average molecular weight is 291 g/mol. The number of pyridine rings is 1. The molecule has 0 spiro atoms. The summed E-state index contributed by atoms with van der Waals surface area (Å²) in [5.41, 5.74) is -0.878. The Bertz CT molecular complexity index is 581. The lowest BCUT2D eigenvalue weighted by Crippen LogP contribution is -2.07. The number of hydrogen-bond donors (Lipinski definition) is 1. The van der Waals surface area contributed by atoms with E-state index in [1.54, 1.807) is 19.1 Å². The quantitative estimate of drug-likeness (QED) is 0.917. The fraction of sp³-hybridized carbons (Fsp3) is 0.250. The Balaban J connectivity index is 2.09. The average Bonchev–Trinajstić information content (AvgIpc) is 2.72. The van der Waals surface area contributed by atoms with E-state index in [4.69, 9.17) is 16.0 Å². The molecule has 0 radical (unpaired) electrons. The number of halogens is 4. The third-order valence-electron chi connectivity index (χ3n) is 2.39. The fourth-order valence-electron chi connectivity index (χ4n) is 1.47. The molecule has 102 valence electrons. The Kier molecular flexibility index (Phi) is 3.71. The van der Waals surface area contributed by atoms with Gasteiger partial charge in [-0.3, -0.25) is 0 Å². The Labute approximate surface area is 112 Å². The van der Waals surface area contributed by atoms with Gasteiger partial charge in [0.05, 0.1) is 17.1 Å². The van der Waals surface area contributed by atoms with Crippen molar-refractivity contribution in [1.82, 2.24) is 4.98 Å². The zero-order valence-corrected chi connectivity index (χ0v) is 10.6.